The Labute approximate surface area is 369 Å². The lowest BCUT2D eigenvalue weighted by Gasteiger charge is -2.49. The molecule has 4 atom stereocenters. The van der Waals surface area contributed by atoms with Crippen LogP contribution in [0.2, 0.25) is 0 Å². The van der Waals surface area contributed by atoms with Crippen LogP contribution in [0.1, 0.15) is 45.7 Å². The van der Waals surface area contributed by atoms with Crippen molar-refractivity contribution in [1.82, 2.24) is 4.90 Å². The van der Waals surface area contributed by atoms with E-state index in [1.807, 2.05) is 115 Å². The smallest absolute Gasteiger partial charge is 0.407 e. The molecule has 10 heteroatoms. The number of methoxy groups -OCH3 is 2. The topological polar surface area (TPSA) is 107 Å². The van der Waals surface area contributed by atoms with Crippen LogP contribution in [-0.4, -0.2) is 81.3 Å². The Bertz CT molecular complexity index is 2300. The molecule has 6 aromatic carbocycles. The summed E-state index contributed by atoms with van der Waals surface area (Å²) in [6.07, 6.45) is -0.563. The predicted octanol–water partition coefficient (Wildman–Crippen LogP) is 9.36. The normalized spacial score (nSPS) is 18.7. The van der Waals surface area contributed by atoms with Gasteiger partial charge in [0, 0.05) is 38.6 Å². The molecule has 63 heavy (non-hydrogen) atoms. The maximum absolute atomic E-state index is 13.6. The molecule has 0 spiro atoms. The molecule has 2 aliphatic heterocycles. The van der Waals surface area contributed by atoms with E-state index in [-0.39, 0.29) is 44.1 Å². The van der Waals surface area contributed by atoms with E-state index < -0.39 is 23.8 Å². The molecule has 1 unspecified atom stereocenters. The molecule has 6 aromatic rings. The lowest BCUT2D eigenvalue weighted by atomic mass is 9.73. The van der Waals surface area contributed by atoms with E-state index in [9.17, 15) is 14.7 Å². The first-order valence-corrected chi connectivity index (χ1v) is 21.5. The average molecular weight is 847 g/mol. The van der Waals surface area contributed by atoms with Crippen molar-refractivity contribution in [2.45, 2.75) is 43.1 Å². The lowest BCUT2D eigenvalue weighted by molar-refractivity contribution is -0.121. The van der Waals surface area contributed by atoms with E-state index in [0.29, 0.717) is 43.2 Å². The van der Waals surface area contributed by atoms with Gasteiger partial charge in [-0.05, 0) is 70.5 Å². The van der Waals surface area contributed by atoms with E-state index in [1.54, 1.807) is 24.0 Å². The molecule has 0 aliphatic carbocycles. The molecule has 2 aliphatic rings. The van der Waals surface area contributed by atoms with Crippen molar-refractivity contribution in [3.8, 4) is 11.5 Å². The second kappa shape index (κ2) is 20.2. The van der Waals surface area contributed by atoms with Gasteiger partial charge in [0.2, 0.25) is 0 Å². The molecule has 1 saturated heterocycles. The summed E-state index contributed by atoms with van der Waals surface area (Å²) in [5.74, 6) is 0.523. The van der Waals surface area contributed by atoms with Crippen LogP contribution in [0, 0.1) is 5.92 Å². The third kappa shape index (κ3) is 9.49. The lowest BCUT2D eigenvalue weighted by Crippen LogP contribution is -2.59. The highest BCUT2D eigenvalue weighted by Gasteiger charge is 2.48. The number of hydrogen-bond donors (Lipinski definition) is 1. The second-order valence-corrected chi connectivity index (χ2v) is 16.1. The number of carbonyl (C=O) groups is 2. The zero-order valence-electron chi connectivity index (χ0n) is 35.8. The summed E-state index contributed by atoms with van der Waals surface area (Å²) in [5.41, 5.74) is 5.32. The van der Waals surface area contributed by atoms with Gasteiger partial charge in [-0.2, -0.15) is 0 Å². The molecule has 2 heterocycles. The van der Waals surface area contributed by atoms with Crippen LogP contribution in [0.3, 0.4) is 0 Å². The number of carboxylic acid groups (broad SMARTS) is 1. The SMILES string of the molecule is COCCCN1C(=O)COc2ccc(CO[C@H]3C(Cc4ccccc4)N(C(=O)O)C[C@@H](COC(c4ccccc4)(c4ccccc4)c4ccccc4)[C@@H]3c3ccc(OC)cc3)cc21. The number of likely N-dealkylation sites (tertiary alicyclic amines) is 1. The van der Waals surface area contributed by atoms with Crippen LogP contribution in [0.4, 0.5) is 10.5 Å². The number of rotatable bonds is 17. The molecule has 0 saturated carbocycles. The number of nitrogens with zero attached hydrogens (tertiary/aromatic N) is 2. The molecular weight excluding hydrogens is 793 g/mol. The van der Waals surface area contributed by atoms with Gasteiger partial charge in [-0.1, -0.05) is 140 Å². The highest BCUT2D eigenvalue weighted by molar-refractivity contribution is 5.97. The molecule has 0 aromatic heterocycles. The van der Waals surface area contributed by atoms with Crippen molar-refractivity contribution in [2.24, 2.45) is 5.92 Å². The summed E-state index contributed by atoms with van der Waals surface area (Å²) < 4.78 is 31.4. The van der Waals surface area contributed by atoms with Crippen molar-refractivity contribution >= 4 is 17.7 Å². The fourth-order valence-corrected chi connectivity index (χ4v) is 9.29. The maximum Gasteiger partial charge on any atom is 0.407 e. The number of piperidine rings is 1. The second-order valence-electron chi connectivity index (χ2n) is 16.1. The van der Waals surface area contributed by atoms with Gasteiger partial charge in [0.15, 0.2) is 6.61 Å². The van der Waals surface area contributed by atoms with Crippen LogP contribution >= 0.6 is 0 Å². The molecular formula is C53H54N2O8. The van der Waals surface area contributed by atoms with Crippen molar-refractivity contribution in [3.63, 3.8) is 0 Å². The Morgan fingerprint density at radius 2 is 1.37 bits per heavy atom. The largest absolute Gasteiger partial charge is 0.497 e. The summed E-state index contributed by atoms with van der Waals surface area (Å²) in [6.45, 7) is 1.52. The highest BCUT2D eigenvalue weighted by atomic mass is 16.5. The molecule has 0 radical (unpaired) electrons. The van der Waals surface area contributed by atoms with Gasteiger partial charge in [0.1, 0.15) is 17.1 Å². The minimum absolute atomic E-state index is 0.0306. The van der Waals surface area contributed by atoms with Crippen molar-refractivity contribution in [1.29, 1.82) is 0 Å². The standard InChI is InChI=1S/C53H54N2O8/c1-59-31-15-30-54-46-33-39(24-29-48(46)61-37-49(54)56)35-62-51-47(32-38-16-7-3-8-17-38)55(52(57)58)34-41(50(51)40-25-27-45(60-2)28-26-40)36-63-53(42-18-9-4-10-19-42,43-20-11-5-12-21-43)44-22-13-6-14-23-44/h3-14,16-29,33,41,47,50-51H,15,30-32,34-37H2,1-2H3,(H,57,58)/t41-,47?,50-,51-/m0/s1. The van der Waals surface area contributed by atoms with Gasteiger partial charge in [0.25, 0.3) is 5.91 Å². The summed E-state index contributed by atoms with van der Waals surface area (Å²) in [4.78, 5) is 30.0. The molecule has 324 valence electrons. The first-order valence-electron chi connectivity index (χ1n) is 21.5. The van der Waals surface area contributed by atoms with Crippen molar-refractivity contribution < 1.29 is 38.4 Å². The molecule has 1 fully saturated rings. The summed E-state index contributed by atoms with van der Waals surface area (Å²) in [7, 11) is 3.29. The molecule has 1 N–H and O–H groups in total. The number of ether oxygens (including phenoxy) is 5. The first-order chi connectivity index (χ1) is 30.9. The first kappa shape index (κ1) is 43.2. The quantitative estimate of drug-likeness (QED) is 0.0716. The Morgan fingerprint density at radius 3 is 1.94 bits per heavy atom. The Morgan fingerprint density at radius 1 is 0.762 bits per heavy atom. The van der Waals surface area contributed by atoms with Crippen LogP contribution in [0.5, 0.6) is 11.5 Å². The third-order valence-electron chi connectivity index (χ3n) is 12.3. The monoisotopic (exact) mass is 846 g/mol. The minimum atomic E-state index is -1.03. The summed E-state index contributed by atoms with van der Waals surface area (Å²) in [5, 5.41) is 11.1. The zero-order chi connectivity index (χ0) is 43.6. The number of amides is 2. The maximum atomic E-state index is 13.6. The van der Waals surface area contributed by atoms with Gasteiger partial charge in [-0.3, -0.25) is 4.79 Å². The highest BCUT2D eigenvalue weighted by Crippen LogP contribution is 2.45. The minimum Gasteiger partial charge on any atom is -0.497 e. The van der Waals surface area contributed by atoms with E-state index in [1.165, 1.54) is 0 Å². The van der Waals surface area contributed by atoms with Crippen molar-refractivity contribution in [3.05, 3.63) is 197 Å². The van der Waals surface area contributed by atoms with E-state index in [4.69, 9.17) is 23.7 Å². The number of benzene rings is 6. The molecule has 2 amide bonds. The van der Waals surface area contributed by atoms with Gasteiger partial charge < -0.3 is 38.6 Å². The van der Waals surface area contributed by atoms with Crippen LogP contribution in [0.25, 0.3) is 0 Å². The molecule has 8 rings (SSSR count). The van der Waals surface area contributed by atoms with Crippen molar-refractivity contribution in [2.75, 3.05) is 52.0 Å². The number of carbonyl (C=O) groups excluding carboxylic acids is 1. The summed E-state index contributed by atoms with van der Waals surface area (Å²) >= 11 is 0. The number of fused-ring (bicyclic) bond motifs is 1. The molecule has 0 bridgehead atoms. The van der Waals surface area contributed by atoms with Crippen LogP contribution < -0.4 is 14.4 Å². The van der Waals surface area contributed by atoms with Gasteiger partial charge in [-0.15, -0.1) is 0 Å². The van der Waals surface area contributed by atoms with Gasteiger partial charge >= 0.3 is 6.09 Å². The molecule has 10 nitrogen and oxygen atoms in total. The summed E-state index contributed by atoms with van der Waals surface area (Å²) in [6, 6.07) is 53.8. The van der Waals surface area contributed by atoms with Gasteiger partial charge in [0.05, 0.1) is 38.2 Å². The fourth-order valence-electron chi connectivity index (χ4n) is 9.29. The number of anilines is 1. The fraction of sp³-hybridized carbons (Fsp3) is 0.283. The van der Waals surface area contributed by atoms with E-state index in [2.05, 4.69) is 48.5 Å². The Kier molecular flexibility index (Phi) is 13.8. The van der Waals surface area contributed by atoms with E-state index >= 15 is 0 Å². The predicted molar refractivity (Wildman–Crippen MR) is 242 cm³/mol. The zero-order valence-corrected chi connectivity index (χ0v) is 35.8. The van der Waals surface area contributed by atoms with E-state index in [0.717, 1.165) is 33.4 Å². The van der Waals surface area contributed by atoms with Crippen LogP contribution in [0.15, 0.2) is 164 Å². The number of hydrogen-bond acceptors (Lipinski definition) is 7. The van der Waals surface area contributed by atoms with Gasteiger partial charge in [-0.25, -0.2) is 4.79 Å². The van der Waals surface area contributed by atoms with Crippen LogP contribution in [-0.2, 0) is 37.6 Å². The Hall–Kier alpha value is -6.46. The average Bonchev–Trinajstić information content (AvgIpc) is 3.33. The third-order valence-corrected chi connectivity index (χ3v) is 12.3. The Balaban J connectivity index is 1.22.